The lowest BCUT2D eigenvalue weighted by molar-refractivity contribution is -0.135. The van der Waals surface area contributed by atoms with E-state index in [0.717, 1.165) is 62.9 Å². The molecule has 0 bridgehead atoms. The van der Waals surface area contributed by atoms with Crippen LogP contribution in [0.3, 0.4) is 0 Å². The summed E-state index contributed by atoms with van der Waals surface area (Å²) in [5, 5.41) is 23.0. The maximum absolute atomic E-state index is 12.5. The first-order valence-corrected chi connectivity index (χ1v) is 12.0. The summed E-state index contributed by atoms with van der Waals surface area (Å²) in [5.41, 5.74) is 1.11. The molecule has 2 heterocycles. The topological polar surface area (TPSA) is 84.1 Å². The molecule has 7 nitrogen and oxygen atoms in total. The number of benzene rings is 1. The average Bonchev–Trinajstić information content (AvgIpc) is 3.26. The van der Waals surface area contributed by atoms with E-state index in [9.17, 15) is 9.90 Å². The zero-order valence-corrected chi connectivity index (χ0v) is 19.4. The highest BCUT2D eigenvalue weighted by atomic mass is 16.3. The van der Waals surface area contributed by atoms with Crippen molar-refractivity contribution in [2.24, 2.45) is 0 Å². The number of aliphatic hydroxyl groups is 1. The first-order valence-electron chi connectivity index (χ1n) is 12.0. The van der Waals surface area contributed by atoms with Crippen molar-refractivity contribution in [1.29, 1.82) is 0 Å². The van der Waals surface area contributed by atoms with Crippen LogP contribution in [0.25, 0.3) is 0 Å². The standard InChI is InChI=1S/C25H37N5O2/c1-20(2)30-27-24(26-28-30)14-8-3-4-9-18-29-22(13-10-15-25(29)32)16-17-23(31)19-21-11-6-5-7-12-21/h5-7,11-12,16-17,20,22-23,31H,3-4,8-10,13-15,18-19H2,1-2H3/t22-,23?/m1/s1. The molecule has 1 aromatic heterocycles. The number of nitrogens with zero attached hydrogens (tertiary/aromatic N) is 5. The highest BCUT2D eigenvalue weighted by Crippen LogP contribution is 2.21. The second-order valence-corrected chi connectivity index (χ2v) is 8.97. The Morgan fingerprint density at radius 2 is 1.94 bits per heavy atom. The van der Waals surface area contributed by atoms with E-state index >= 15 is 0 Å². The number of tetrazole rings is 1. The first kappa shape index (κ1) is 24.1. The van der Waals surface area contributed by atoms with E-state index in [4.69, 9.17) is 0 Å². The molecule has 1 aliphatic rings. The van der Waals surface area contributed by atoms with Crippen molar-refractivity contribution in [3.05, 3.63) is 53.9 Å². The summed E-state index contributed by atoms with van der Waals surface area (Å²) in [6, 6.07) is 10.3. The molecule has 1 aromatic carbocycles. The van der Waals surface area contributed by atoms with Crippen LogP contribution in [0, 0.1) is 0 Å². The second kappa shape index (κ2) is 12.5. The van der Waals surface area contributed by atoms with Crippen molar-refractivity contribution in [3.63, 3.8) is 0 Å². The number of unbranched alkanes of at least 4 members (excludes halogenated alkanes) is 3. The molecule has 1 saturated heterocycles. The molecule has 1 amide bonds. The van der Waals surface area contributed by atoms with Gasteiger partial charge in [0.25, 0.3) is 0 Å². The number of likely N-dealkylation sites (tertiary alicyclic amines) is 1. The SMILES string of the molecule is CC(C)n1nnc(CCCCCCN2C(=O)CCC[C@@H]2C=CC(O)Cc2ccccc2)n1. The van der Waals surface area contributed by atoms with Crippen LogP contribution in [-0.4, -0.2) is 54.8 Å². The molecule has 1 unspecified atom stereocenters. The van der Waals surface area contributed by atoms with Crippen molar-refractivity contribution >= 4 is 5.91 Å². The molecular weight excluding hydrogens is 402 g/mol. The summed E-state index contributed by atoms with van der Waals surface area (Å²) >= 11 is 0. The second-order valence-electron chi connectivity index (χ2n) is 8.97. The highest BCUT2D eigenvalue weighted by molar-refractivity contribution is 5.77. The van der Waals surface area contributed by atoms with Gasteiger partial charge in [-0.15, -0.1) is 10.2 Å². The van der Waals surface area contributed by atoms with Gasteiger partial charge in [-0.2, -0.15) is 4.80 Å². The van der Waals surface area contributed by atoms with E-state index in [1.807, 2.05) is 61.2 Å². The van der Waals surface area contributed by atoms with Gasteiger partial charge >= 0.3 is 0 Å². The predicted octanol–water partition coefficient (Wildman–Crippen LogP) is 3.90. The van der Waals surface area contributed by atoms with Crippen LogP contribution in [0.4, 0.5) is 0 Å². The van der Waals surface area contributed by atoms with E-state index in [1.54, 1.807) is 4.80 Å². The summed E-state index contributed by atoms with van der Waals surface area (Å²) in [5.74, 6) is 1.04. The molecule has 1 fully saturated rings. The van der Waals surface area contributed by atoms with Crippen molar-refractivity contribution in [3.8, 4) is 0 Å². The van der Waals surface area contributed by atoms with Gasteiger partial charge in [-0.1, -0.05) is 55.3 Å². The number of aliphatic hydroxyl groups excluding tert-OH is 1. The molecule has 7 heteroatoms. The van der Waals surface area contributed by atoms with Gasteiger partial charge in [-0.25, -0.2) is 0 Å². The third-order valence-electron chi connectivity index (χ3n) is 5.94. The van der Waals surface area contributed by atoms with Gasteiger partial charge in [0.2, 0.25) is 5.91 Å². The Morgan fingerprint density at radius 3 is 2.69 bits per heavy atom. The third kappa shape index (κ3) is 7.55. The Labute approximate surface area is 191 Å². The zero-order chi connectivity index (χ0) is 22.8. The molecule has 0 saturated carbocycles. The Kier molecular flexibility index (Phi) is 9.41. The molecule has 2 atom stereocenters. The molecule has 1 N–H and O–H groups in total. The molecule has 0 radical (unpaired) electrons. The Bertz CT molecular complexity index is 849. The summed E-state index contributed by atoms with van der Waals surface area (Å²) in [6.45, 7) is 4.87. The van der Waals surface area contributed by atoms with Gasteiger partial charge in [0.15, 0.2) is 5.82 Å². The summed E-state index contributed by atoms with van der Waals surface area (Å²) in [7, 11) is 0. The summed E-state index contributed by atoms with van der Waals surface area (Å²) in [4.78, 5) is 16.2. The fourth-order valence-electron chi connectivity index (χ4n) is 4.11. The summed E-state index contributed by atoms with van der Waals surface area (Å²) in [6.07, 6.45) is 11.5. The minimum absolute atomic E-state index is 0.0944. The maximum Gasteiger partial charge on any atom is 0.223 e. The third-order valence-corrected chi connectivity index (χ3v) is 5.94. The van der Waals surface area contributed by atoms with Crippen LogP contribution in [0.15, 0.2) is 42.5 Å². The van der Waals surface area contributed by atoms with E-state index < -0.39 is 6.10 Å². The number of aromatic nitrogens is 4. The van der Waals surface area contributed by atoms with Crippen molar-refractivity contribution in [2.75, 3.05) is 6.54 Å². The zero-order valence-electron chi connectivity index (χ0n) is 19.4. The number of amides is 1. The lowest BCUT2D eigenvalue weighted by Gasteiger charge is -2.34. The number of piperidine rings is 1. The Balaban J connectivity index is 1.39. The molecule has 174 valence electrons. The molecule has 1 aliphatic heterocycles. The van der Waals surface area contributed by atoms with Crippen molar-refractivity contribution < 1.29 is 9.90 Å². The Morgan fingerprint density at radius 1 is 1.16 bits per heavy atom. The van der Waals surface area contributed by atoms with Gasteiger partial charge in [0.1, 0.15) is 0 Å². The van der Waals surface area contributed by atoms with E-state index in [1.165, 1.54) is 0 Å². The fraction of sp³-hybridized carbons (Fsp3) is 0.600. The number of aryl methyl sites for hydroxylation is 1. The van der Waals surface area contributed by atoms with Crippen LogP contribution in [0.5, 0.6) is 0 Å². The van der Waals surface area contributed by atoms with Gasteiger partial charge in [-0.05, 0) is 50.3 Å². The van der Waals surface area contributed by atoms with Crippen LogP contribution >= 0.6 is 0 Å². The van der Waals surface area contributed by atoms with Crippen LogP contribution in [0.2, 0.25) is 0 Å². The van der Waals surface area contributed by atoms with Gasteiger partial charge in [0.05, 0.1) is 18.2 Å². The maximum atomic E-state index is 12.5. The molecule has 0 aliphatic carbocycles. The van der Waals surface area contributed by atoms with Gasteiger partial charge < -0.3 is 10.0 Å². The lowest BCUT2D eigenvalue weighted by Crippen LogP contribution is -2.43. The molecule has 32 heavy (non-hydrogen) atoms. The number of carbonyl (C=O) groups is 1. The van der Waals surface area contributed by atoms with E-state index in [0.29, 0.717) is 12.8 Å². The quantitative estimate of drug-likeness (QED) is 0.401. The molecular formula is C25H37N5O2. The van der Waals surface area contributed by atoms with Gasteiger partial charge in [0, 0.05) is 25.8 Å². The number of carbonyl (C=O) groups excluding carboxylic acids is 1. The number of hydrogen-bond donors (Lipinski definition) is 1. The first-order chi connectivity index (χ1) is 15.5. The lowest BCUT2D eigenvalue weighted by atomic mass is 9.99. The van der Waals surface area contributed by atoms with Crippen LogP contribution in [0.1, 0.15) is 76.2 Å². The van der Waals surface area contributed by atoms with Gasteiger partial charge in [-0.3, -0.25) is 4.79 Å². The minimum Gasteiger partial charge on any atom is -0.389 e. The number of rotatable bonds is 12. The van der Waals surface area contributed by atoms with Crippen LogP contribution in [-0.2, 0) is 17.6 Å². The molecule has 2 aromatic rings. The Hall–Kier alpha value is -2.54. The average molecular weight is 440 g/mol. The largest absolute Gasteiger partial charge is 0.389 e. The molecule has 0 spiro atoms. The predicted molar refractivity (Wildman–Crippen MR) is 125 cm³/mol. The normalized spacial score (nSPS) is 18.1. The summed E-state index contributed by atoms with van der Waals surface area (Å²) < 4.78 is 0. The van der Waals surface area contributed by atoms with E-state index in [2.05, 4.69) is 15.4 Å². The van der Waals surface area contributed by atoms with E-state index in [-0.39, 0.29) is 18.0 Å². The minimum atomic E-state index is -0.529. The highest BCUT2D eigenvalue weighted by Gasteiger charge is 2.25. The monoisotopic (exact) mass is 439 g/mol. The smallest absolute Gasteiger partial charge is 0.223 e. The van der Waals surface area contributed by atoms with Crippen LogP contribution < -0.4 is 0 Å². The molecule has 3 rings (SSSR count). The number of hydrogen-bond acceptors (Lipinski definition) is 5. The van der Waals surface area contributed by atoms with Crippen molar-refractivity contribution in [1.82, 2.24) is 25.1 Å². The van der Waals surface area contributed by atoms with Crippen molar-refractivity contribution in [2.45, 2.75) is 89.8 Å². The fourth-order valence-corrected chi connectivity index (χ4v) is 4.11.